The first-order chi connectivity index (χ1) is 13.0. The molecule has 7 heteroatoms. The molecule has 0 saturated carbocycles. The third-order valence-electron chi connectivity index (χ3n) is 6.12. The number of amides is 2. The molecule has 3 saturated heterocycles. The summed E-state index contributed by atoms with van der Waals surface area (Å²) < 4.78 is 0. The van der Waals surface area contributed by atoms with Crippen molar-refractivity contribution in [3.8, 4) is 0 Å². The van der Waals surface area contributed by atoms with Crippen molar-refractivity contribution in [3.63, 3.8) is 0 Å². The van der Waals surface area contributed by atoms with Crippen molar-refractivity contribution < 1.29 is 19.8 Å². The minimum absolute atomic E-state index is 0.0489. The number of fused-ring (bicyclic) bond motifs is 2. The molecule has 7 nitrogen and oxygen atoms in total. The Hall–Kier alpha value is -1.96. The zero-order valence-corrected chi connectivity index (χ0v) is 15.5. The van der Waals surface area contributed by atoms with Crippen LogP contribution in [-0.2, 0) is 16.0 Å². The number of carbonyl (C=O) groups excluding carboxylic acids is 2. The van der Waals surface area contributed by atoms with Crippen LogP contribution in [0.1, 0.15) is 18.4 Å². The quantitative estimate of drug-likeness (QED) is 0.741. The Labute approximate surface area is 159 Å². The zero-order valence-electron chi connectivity index (χ0n) is 15.5. The van der Waals surface area contributed by atoms with Gasteiger partial charge in [0.2, 0.25) is 11.8 Å². The molecule has 3 heterocycles. The summed E-state index contributed by atoms with van der Waals surface area (Å²) in [4.78, 5) is 31.0. The number of benzene rings is 1. The van der Waals surface area contributed by atoms with Gasteiger partial charge in [-0.05, 0) is 12.0 Å². The fraction of sp³-hybridized carbons (Fsp3) is 0.600. The normalized spacial score (nSPS) is 26.7. The molecule has 0 aliphatic carbocycles. The van der Waals surface area contributed by atoms with E-state index >= 15 is 0 Å². The molecule has 2 atom stereocenters. The van der Waals surface area contributed by atoms with E-state index in [1.807, 2.05) is 35.2 Å². The molecule has 0 radical (unpaired) electrons. The molecule has 3 fully saturated rings. The smallest absolute Gasteiger partial charge is 0.227 e. The Bertz CT molecular complexity index is 704. The second-order valence-corrected chi connectivity index (χ2v) is 8.08. The van der Waals surface area contributed by atoms with Crippen LogP contribution in [0.25, 0.3) is 0 Å². The molecule has 27 heavy (non-hydrogen) atoms. The SMILES string of the molecule is O=C(Cc1ccccc1)N1C[C@H]2C[C@@H](O)CN2C2(C1)CN(C(=O)CCO)C2. The fourth-order valence-corrected chi connectivity index (χ4v) is 4.86. The summed E-state index contributed by atoms with van der Waals surface area (Å²) in [5.74, 6) is 0.0499. The van der Waals surface area contributed by atoms with Gasteiger partial charge in [-0.15, -0.1) is 0 Å². The van der Waals surface area contributed by atoms with E-state index in [-0.39, 0.29) is 42.5 Å². The van der Waals surface area contributed by atoms with E-state index in [1.54, 1.807) is 4.90 Å². The molecule has 2 amide bonds. The molecule has 1 aromatic rings. The van der Waals surface area contributed by atoms with Crippen LogP contribution in [0, 0.1) is 0 Å². The zero-order chi connectivity index (χ0) is 19.0. The number of hydrogen-bond acceptors (Lipinski definition) is 5. The molecule has 1 spiro atoms. The lowest BCUT2D eigenvalue weighted by atomic mass is 9.83. The molecule has 0 bridgehead atoms. The summed E-state index contributed by atoms with van der Waals surface area (Å²) in [5.41, 5.74) is 0.733. The van der Waals surface area contributed by atoms with Crippen LogP contribution < -0.4 is 0 Å². The van der Waals surface area contributed by atoms with Gasteiger partial charge in [0.25, 0.3) is 0 Å². The highest BCUT2D eigenvalue weighted by Crippen LogP contribution is 2.39. The first-order valence-electron chi connectivity index (χ1n) is 9.66. The van der Waals surface area contributed by atoms with Gasteiger partial charge in [0.05, 0.1) is 24.7 Å². The summed E-state index contributed by atoms with van der Waals surface area (Å²) in [6.45, 7) is 2.80. The van der Waals surface area contributed by atoms with Crippen molar-refractivity contribution in [2.24, 2.45) is 0 Å². The van der Waals surface area contributed by atoms with Crippen molar-refractivity contribution in [1.29, 1.82) is 0 Å². The van der Waals surface area contributed by atoms with Crippen molar-refractivity contribution >= 4 is 11.8 Å². The fourth-order valence-electron chi connectivity index (χ4n) is 4.86. The van der Waals surface area contributed by atoms with E-state index in [0.717, 1.165) is 5.56 Å². The summed E-state index contributed by atoms with van der Waals surface area (Å²) in [6, 6.07) is 9.87. The molecular formula is C20H27N3O4. The number of aliphatic hydroxyl groups excluding tert-OH is 2. The number of likely N-dealkylation sites (tertiary alicyclic amines) is 1. The average molecular weight is 373 g/mol. The highest BCUT2D eigenvalue weighted by atomic mass is 16.3. The number of nitrogens with zero attached hydrogens (tertiary/aromatic N) is 3. The van der Waals surface area contributed by atoms with Crippen LogP contribution >= 0.6 is 0 Å². The summed E-state index contributed by atoms with van der Waals surface area (Å²) >= 11 is 0. The van der Waals surface area contributed by atoms with Gasteiger partial charge in [-0.25, -0.2) is 0 Å². The first kappa shape index (κ1) is 18.4. The largest absolute Gasteiger partial charge is 0.396 e. The average Bonchev–Trinajstić information content (AvgIpc) is 3.00. The lowest BCUT2D eigenvalue weighted by molar-refractivity contribution is -0.162. The number of piperazine rings is 1. The first-order valence-corrected chi connectivity index (χ1v) is 9.66. The van der Waals surface area contributed by atoms with E-state index in [2.05, 4.69) is 4.90 Å². The molecule has 4 rings (SSSR count). The third kappa shape index (κ3) is 3.47. The van der Waals surface area contributed by atoms with Gasteiger partial charge in [-0.2, -0.15) is 0 Å². The molecule has 3 aliphatic rings. The Morgan fingerprint density at radius 3 is 2.44 bits per heavy atom. The van der Waals surface area contributed by atoms with Gasteiger partial charge in [0.15, 0.2) is 0 Å². The molecule has 3 aliphatic heterocycles. The molecule has 1 aromatic carbocycles. The second-order valence-electron chi connectivity index (χ2n) is 8.08. The predicted molar refractivity (Wildman–Crippen MR) is 98.9 cm³/mol. The molecule has 0 aromatic heterocycles. The standard InChI is InChI=1S/C20H27N3O4/c24-7-6-18(26)22-13-20(14-22)12-21(10-16-9-17(25)11-23(16)20)19(27)8-15-4-2-1-3-5-15/h1-5,16-17,24-25H,6-14H2/t16-,17-/m1/s1. The van der Waals surface area contributed by atoms with Gasteiger partial charge in [-0.1, -0.05) is 30.3 Å². The summed E-state index contributed by atoms with van der Waals surface area (Å²) in [6.07, 6.45) is 0.804. The van der Waals surface area contributed by atoms with E-state index < -0.39 is 0 Å². The van der Waals surface area contributed by atoms with Crippen molar-refractivity contribution in [2.75, 3.05) is 39.3 Å². The Morgan fingerprint density at radius 2 is 1.74 bits per heavy atom. The topological polar surface area (TPSA) is 84.3 Å². The van der Waals surface area contributed by atoms with E-state index in [9.17, 15) is 14.7 Å². The number of β-amino-alcohol motifs (C(OH)–C–C–N with tert-alkyl or cyclic N) is 1. The highest BCUT2D eigenvalue weighted by Gasteiger charge is 2.57. The Kier molecular flexibility index (Phi) is 4.92. The van der Waals surface area contributed by atoms with Gasteiger partial charge < -0.3 is 20.0 Å². The lowest BCUT2D eigenvalue weighted by Crippen LogP contribution is -2.79. The van der Waals surface area contributed by atoms with Gasteiger partial charge in [0, 0.05) is 45.2 Å². The van der Waals surface area contributed by atoms with Gasteiger partial charge in [-0.3, -0.25) is 14.5 Å². The molecule has 0 unspecified atom stereocenters. The van der Waals surface area contributed by atoms with Gasteiger partial charge in [0.1, 0.15) is 0 Å². The highest BCUT2D eigenvalue weighted by molar-refractivity contribution is 5.80. The van der Waals surface area contributed by atoms with Crippen molar-refractivity contribution in [2.45, 2.75) is 36.9 Å². The maximum absolute atomic E-state index is 12.9. The number of carbonyl (C=O) groups is 2. The van der Waals surface area contributed by atoms with E-state index in [4.69, 9.17) is 5.11 Å². The minimum atomic E-state index is -0.377. The molecular weight excluding hydrogens is 346 g/mol. The predicted octanol–water partition coefficient (Wildman–Crippen LogP) is -0.530. The monoisotopic (exact) mass is 373 g/mol. The van der Waals surface area contributed by atoms with Crippen LogP contribution in [0.2, 0.25) is 0 Å². The van der Waals surface area contributed by atoms with Crippen molar-refractivity contribution in [1.82, 2.24) is 14.7 Å². The second kappa shape index (κ2) is 7.22. The van der Waals surface area contributed by atoms with Crippen LogP contribution in [0.4, 0.5) is 0 Å². The van der Waals surface area contributed by atoms with Crippen LogP contribution in [0.5, 0.6) is 0 Å². The van der Waals surface area contributed by atoms with Crippen LogP contribution in [0.15, 0.2) is 30.3 Å². The van der Waals surface area contributed by atoms with Gasteiger partial charge >= 0.3 is 0 Å². The van der Waals surface area contributed by atoms with Crippen molar-refractivity contribution in [3.05, 3.63) is 35.9 Å². The summed E-state index contributed by atoms with van der Waals surface area (Å²) in [5, 5.41) is 19.2. The molecule has 2 N–H and O–H groups in total. The maximum Gasteiger partial charge on any atom is 0.227 e. The Balaban J connectivity index is 1.48. The van der Waals surface area contributed by atoms with E-state index in [1.165, 1.54) is 0 Å². The maximum atomic E-state index is 12.9. The lowest BCUT2D eigenvalue weighted by Gasteiger charge is -2.60. The minimum Gasteiger partial charge on any atom is -0.396 e. The summed E-state index contributed by atoms with van der Waals surface area (Å²) in [7, 11) is 0. The van der Waals surface area contributed by atoms with E-state index in [0.29, 0.717) is 45.6 Å². The number of aliphatic hydroxyl groups is 2. The van der Waals surface area contributed by atoms with Crippen LogP contribution in [0.3, 0.4) is 0 Å². The van der Waals surface area contributed by atoms with Crippen LogP contribution in [-0.4, -0.2) is 93.7 Å². The Morgan fingerprint density at radius 1 is 1.04 bits per heavy atom. The molecule has 146 valence electrons. The number of rotatable bonds is 4. The third-order valence-corrected chi connectivity index (χ3v) is 6.12. The number of hydrogen-bond donors (Lipinski definition) is 2.